The molecule has 0 saturated carbocycles. The van der Waals surface area contributed by atoms with E-state index < -0.39 is 11.8 Å². The summed E-state index contributed by atoms with van der Waals surface area (Å²) in [5, 5.41) is 0. The molecule has 26 heavy (non-hydrogen) atoms. The van der Waals surface area contributed by atoms with Gasteiger partial charge in [0.05, 0.1) is 0 Å². The number of unbranched alkanes of at least 4 members (excludes halogenated alkanes) is 12. The van der Waals surface area contributed by atoms with Crippen molar-refractivity contribution in [2.45, 2.75) is 117 Å². The molecule has 0 aromatic carbocycles. The lowest BCUT2D eigenvalue weighted by molar-refractivity contribution is -0.117. The van der Waals surface area contributed by atoms with Gasteiger partial charge in [-0.1, -0.05) is 90.9 Å². The average molecular weight is 367 g/mol. The maximum absolute atomic E-state index is 11.8. The molecule has 0 fully saturated rings. The first-order valence-electron chi connectivity index (χ1n) is 10.9. The molecule has 0 rings (SSSR count). The number of carbonyl (C=O) groups is 2. The lowest BCUT2D eigenvalue weighted by atomic mass is 9.95. The van der Waals surface area contributed by atoms with Crippen molar-refractivity contribution >= 4 is 11.8 Å². The molecular weight excluding hydrogens is 324 g/mol. The third-order valence-corrected chi connectivity index (χ3v) is 5.02. The van der Waals surface area contributed by atoms with E-state index in [4.69, 9.17) is 11.5 Å². The van der Waals surface area contributed by atoms with Crippen molar-refractivity contribution in [3.63, 3.8) is 0 Å². The summed E-state index contributed by atoms with van der Waals surface area (Å²) >= 11 is 0. The van der Waals surface area contributed by atoms with E-state index in [1.807, 2.05) is 0 Å². The first kappa shape index (κ1) is 24.7. The predicted octanol–water partition coefficient (Wildman–Crippen LogP) is 5.54. The molecule has 0 aliphatic rings. The van der Waals surface area contributed by atoms with E-state index in [1.54, 1.807) is 0 Å². The molecule has 152 valence electrons. The SMILES string of the molecule is CCCCCCCCC/C(C(N)=O)=C(\CCCCCCCCC)C(N)=O. The van der Waals surface area contributed by atoms with Crippen molar-refractivity contribution in [3.8, 4) is 0 Å². The molecule has 0 radical (unpaired) electrons. The van der Waals surface area contributed by atoms with Crippen LogP contribution in [0.15, 0.2) is 11.1 Å². The highest BCUT2D eigenvalue weighted by Crippen LogP contribution is 2.20. The Morgan fingerprint density at radius 1 is 0.500 bits per heavy atom. The Hall–Kier alpha value is -1.32. The average Bonchev–Trinajstić information content (AvgIpc) is 2.60. The van der Waals surface area contributed by atoms with Crippen molar-refractivity contribution in [2.24, 2.45) is 11.5 Å². The highest BCUT2D eigenvalue weighted by atomic mass is 16.2. The van der Waals surface area contributed by atoms with Gasteiger partial charge in [-0.05, 0) is 25.7 Å². The van der Waals surface area contributed by atoms with Crippen molar-refractivity contribution in [1.82, 2.24) is 0 Å². The molecule has 0 aromatic rings. The Kier molecular flexibility index (Phi) is 16.2. The fourth-order valence-corrected chi connectivity index (χ4v) is 3.36. The normalized spacial score (nSPS) is 12.1. The molecule has 0 atom stereocenters. The van der Waals surface area contributed by atoms with E-state index in [0.717, 1.165) is 25.7 Å². The number of rotatable bonds is 18. The number of amides is 2. The molecule has 0 aliphatic heterocycles. The minimum atomic E-state index is -0.479. The molecule has 0 spiro atoms. The second kappa shape index (κ2) is 17.1. The molecular formula is C22H42N2O2. The van der Waals surface area contributed by atoms with Crippen LogP contribution in [0.1, 0.15) is 117 Å². The van der Waals surface area contributed by atoms with E-state index in [0.29, 0.717) is 24.0 Å². The summed E-state index contributed by atoms with van der Waals surface area (Å²) in [5.41, 5.74) is 12.0. The predicted molar refractivity (Wildman–Crippen MR) is 111 cm³/mol. The molecule has 0 unspecified atom stereocenters. The minimum Gasteiger partial charge on any atom is -0.366 e. The van der Waals surface area contributed by atoms with E-state index >= 15 is 0 Å². The van der Waals surface area contributed by atoms with Gasteiger partial charge in [-0.2, -0.15) is 0 Å². The third kappa shape index (κ3) is 13.0. The van der Waals surface area contributed by atoms with E-state index in [1.165, 1.54) is 64.2 Å². The van der Waals surface area contributed by atoms with Gasteiger partial charge in [-0.25, -0.2) is 0 Å². The molecule has 0 bridgehead atoms. The van der Waals surface area contributed by atoms with Crippen LogP contribution in [-0.2, 0) is 9.59 Å². The van der Waals surface area contributed by atoms with Crippen LogP contribution in [0, 0.1) is 0 Å². The zero-order valence-corrected chi connectivity index (χ0v) is 17.3. The highest BCUT2D eigenvalue weighted by molar-refractivity contribution is 6.03. The van der Waals surface area contributed by atoms with Crippen LogP contribution >= 0.6 is 0 Å². The standard InChI is InChI=1S/C22H42N2O2/c1-3-5-7-9-11-13-15-17-19(21(23)25)20(22(24)26)18-16-14-12-10-8-6-4-2/h3-18H2,1-2H3,(H2,23,25)(H2,24,26)/b20-19-. The number of primary amides is 2. The molecule has 4 nitrogen and oxygen atoms in total. The summed E-state index contributed by atoms with van der Waals surface area (Å²) in [6.45, 7) is 4.42. The second-order valence-corrected chi connectivity index (χ2v) is 7.43. The number of carbonyl (C=O) groups excluding carboxylic acids is 2. The van der Waals surface area contributed by atoms with Crippen molar-refractivity contribution in [1.29, 1.82) is 0 Å². The Bertz CT molecular complexity index is 378. The fourth-order valence-electron chi connectivity index (χ4n) is 3.36. The summed E-state index contributed by atoms with van der Waals surface area (Å²) < 4.78 is 0. The van der Waals surface area contributed by atoms with Crippen molar-refractivity contribution < 1.29 is 9.59 Å². The van der Waals surface area contributed by atoms with Gasteiger partial charge in [0.25, 0.3) is 0 Å². The minimum absolute atomic E-state index is 0.469. The van der Waals surface area contributed by atoms with Gasteiger partial charge in [0.2, 0.25) is 11.8 Å². The van der Waals surface area contributed by atoms with Gasteiger partial charge >= 0.3 is 0 Å². The van der Waals surface area contributed by atoms with Gasteiger partial charge in [-0.3, -0.25) is 9.59 Å². The van der Waals surface area contributed by atoms with Crippen LogP contribution in [0.2, 0.25) is 0 Å². The lowest BCUT2D eigenvalue weighted by Gasteiger charge is -2.11. The molecule has 2 amide bonds. The van der Waals surface area contributed by atoms with Crippen LogP contribution in [0.5, 0.6) is 0 Å². The van der Waals surface area contributed by atoms with E-state index in [2.05, 4.69) is 13.8 Å². The quantitative estimate of drug-likeness (QED) is 0.247. The topological polar surface area (TPSA) is 86.2 Å². The highest BCUT2D eigenvalue weighted by Gasteiger charge is 2.16. The van der Waals surface area contributed by atoms with E-state index in [9.17, 15) is 9.59 Å². The smallest absolute Gasteiger partial charge is 0.245 e. The summed E-state index contributed by atoms with van der Waals surface area (Å²) in [6.07, 6.45) is 17.6. The van der Waals surface area contributed by atoms with Gasteiger partial charge in [-0.15, -0.1) is 0 Å². The molecule has 0 aliphatic carbocycles. The van der Waals surface area contributed by atoms with Crippen molar-refractivity contribution in [3.05, 3.63) is 11.1 Å². The molecule has 4 N–H and O–H groups in total. The summed E-state index contributed by atoms with van der Waals surface area (Å²) in [4.78, 5) is 23.6. The molecule has 0 saturated heterocycles. The van der Waals surface area contributed by atoms with E-state index in [-0.39, 0.29) is 0 Å². The number of nitrogens with two attached hydrogens (primary N) is 2. The fraction of sp³-hybridized carbons (Fsp3) is 0.818. The second-order valence-electron chi connectivity index (χ2n) is 7.43. The number of hydrogen-bond acceptors (Lipinski definition) is 2. The zero-order valence-electron chi connectivity index (χ0n) is 17.3. The van der Waals surface area contributed by atoms with Gasteiger partial charge in [0.1, 0.15) is 0 Å². The third-order valence-electron chi connectivity index (χ3n) is 5.02. The van der Waals surface area contributed by atoms with Gasteiger partial charge < -0.3 is 11.5 Å². The largest absolute Gasteiger partial charge is 0.366 e. The molecule has 0 aromatic heterocycles. The van der Waals surface area contributed by atoms with Crippen LogP contribution in [0.4, 0.5) is 0 Å². The first-order valence-corrected chi connectivity index (χ1v) is 10.9. The Balaban J connectivity index is 4.34. The molecule has 0 heterocycles. The lowest BCUT2D eigenvalue weighted by Crippen LogP contribution is -2.23. The Morgan fingerprint density at radius 2 is 0.769 bits per heavy atom. The van der Waals surface area contributed by atoms with Crippen molar-refractivity contribution in [2.75, 3.05) is 0 Å². The Labute approximate surface area is 161 Å². The zero-order chi connectivity index (χ0) is 19.6. The number of hydrogen-bond donors (Lipinski definition) is 2. The summed E-state index contributed by atoms with van der Waals surface area (Å²) in [5.74, 6) is -0.958. The Morgan fingerprint density at radius 3 is 1.04 bits per heavy atom. The first-order chi connectivity index (χ1) is 12.5. The van der Waals surface area contributed by atoms with Crippen LogP contribution in [0.25, 0.3) is 0 Å². The van der Waals surface area contributed by atoms with Gasteiger partial charge in [0, 0.05) is 11.1 Å². The maximum atomic E-state index is 11.8. The molecule has 4 heteroatoms. The maximum Gasteiger partial charge on any atom is 0.245 e. The van der Waals surface area contributed by atoms with Gasteiger partial charge in [0.15, 0.2) is 0 Å². The van der Waals surface area contributed by atoms with Crippen LogP contribution in [0.3, 0.4) is 0 Å². The monoisotopic (exact) mass is 366 g/mol. The summed E-state index contributed by atoms with van der Waals surface area (Å²) in [7, 11) is 0. The van der Waals surface area contributed by atoms with Crippen LogP contribution in [-0.4, -0.2) is 11.8 Å². The summed E-state index contributed by atoms with van der Waals surface area (Å²) in [6, 6.07) is 0. The van der Waals surface area contributed by atoms with Crippen LogP contribution < -0.4 is 11.5 Å².